The molecule has 1 atom stereocenters. The highest BCUT2D eigenvalue weighted by atomic mass is 35.5. The zero-order chi connectivity index (χ0) is 16.1. The Kier molecular flexibility index (Phi) is 7.21. The molecule has 1 aromatic carbocycles. The first-order chi connectivity index (χ1) is 11.2. The van der Waals surface area contributed by atoms with Gasteiger partial charge in [-0.05, 0) is 32.9 Å². The Bertz CT molecular complexity index is 641. The summed E-state index contributed by atoms with van der Waals surface area (Å²) in [5.74, 6) is -0.0177. The molecule has 2 aromatic rings. The molecular formula is C18H24ClN3OS. The Balaban J connectivity index is 0.00000208. The van der Waals surface area contributed by atoms with Gasteiger partial charge in [0.25, 0.3) is 5.91 Å². The van der Waals surface area contributed by atoms with Crippen molar-refractivity contribution in [1.82, 2.24) is 15.2 Å². The molecule has 1 aromatic heterocycles. The lowest BCUT2D eigenvalue weighted by Crippen LogP contribution is -2.43. The molecule has 24 heavy (non-hydrogen) atoms. The SMILES string of the molecule is CC(CN1CCCCC1)NC(=O)c1scnc1-c1ccccc1.Cl. The summed E-state index contributed by atoms with van der Waals surface area (Å²) in [6, 6.07) is 10.0. The molecule has 1 aliphatic heterocycles. The average molecular weight is 366 g/mol. The number of halogens is 1. The Hall–Kier alpha value is -1.43. The number of carbonyl (C=O) groups excluding carboxylic acids is 1. The first-order valence-electron chi connectivity index (χ1n) is 8.26. The largest absolute Gasteiger partial charge is 0.348 e. The van der Waals surface area contributed by atoms with Crippen LogP contribution in [0.4, 0.5) is 0 Å². The number of thiazole rings is 1. The number of nitrogens with one attached hydrogen (secondary N) is 1. The molecule has 130 valence electrons. The summed E-state index contributed by atoms with van der Waals surface area (Å²) < 4.78 is 0. The molecule has 0 aliphatic carbocycles. The maximum absolute atomic E-state index is 12.6. The van der Waals surface area contributed by atoms with Crippen molar-refractivity contribution in [3.05, 3.63) is 40.7 Å². The number of rotatable bonds is 5. The van der Waals surface area contributed by atoms with Crippen LogP contribution in [-0.4, -0.2) is 41.5 Å². The number of piperidine rings is 1. The fraction of sp³-hybridized carbons (Fsp3) is 0.444. The molecule has 1 aliphatic rings. The first kappa shape index (κ1) is 18.9. The van der Waals surface area contributed by atoms with Crippen molar-refractivity contribution in [2.24, 2.45) is 0 Å². The van der Waals surface area contributed by atoms with Gasteiger partial charge < -0.3 is 10.2 Å². The van der Waals surface area contributed by atoms with Crippen LogP contribution in [0.1, 0.15) is 35.9 Å². The van der Waals surface area contributed by atoms with E-state index in [0.29, 0.717) is 4.88 Å². The van der Waals surface area contributed by atoms with Crippen LogP contribution in [0.3, 0.4) is 0 Å². The van der Waals surface area contributed by atoms with Gasteiger partial charge in [0.2, 0.25) is 0 Å². The van der Waals surface area contributed by atoms with E-state index in [2.05, 4.69) is 22.1 Å². The fourth-order valence-electron chi connectivity index (χ4n) is 3.07. The van der Waals surface area contributed by atoms with E-state index in [1.807, 2.05) is 30.3 Å². The minimum atomic E-state index is -0.0177. The second kappa shape index (κ2) is 9.16. The molecule has 1 amide bonds. The van der Waals surface area contributed by atoms with Gasteiger partial charge in [-0.25, -0.2) is 4.98 Å². The Morgan fingerprint density at radius 2 is 1.96 bits per heavy atom. The summed E-state index contributed by atoms with van der Waals surface area (Å²) in [4.78, 5) is 20.1. The van der Waals surface area contributed by atoms with Crippen molar-refractivity contribution in [2.75, 3.05) is 19.6 Å². The molecule has 1 N–H and O–H groups in total. The summed E-state index contributed by atoms with van der Waals surface area (Å²) in [6.07, 6.45) is 3.87. The topological polar surface area (TPSA) is 45.2 Å². The van der Waals surface area contributed by atoms with E-state index in [4.69, 9.17) is 0 Å². The van der Waals surface area contributed by atoms with Gasteiger partial charge in [-0.3, -0.25) is 4.79 Å². The van der Waals surface area contributed by atoms with Crippen molar-refractivity contribution in [2.45, 2.75) is 32.2 Å². The monoisotopic (exact) mass is 365 g/mol. The molecule has 1 fully saturated rings. The van der Waals surface area contributed by atoms with Gasteiger partial charge in [-0.1, -0.05) is 36.8 Å². The van der Waals surface area contributed by atoms with E-state index in [9.17, 15) is 4.79 Å². The van der Waals surface area contributed by atoms with E-state index in [-0.39, 0.29) is 24.4 Å². The van der Waals surface area contributed by atoms with Crippen LogP contribution in [0.2, 0.25) is 0 Å². The average Bonchev–Trinajstić information content (AvgIpc) is 3.06. The molecule has 1 unspecified atom stereocenters. The Morgan fingerprint density at radius 1 is 1.25 bits per heavy atom. The number of hydrogen-bond acceptors (Lipinski definition) is 4. The number of likely N-dealkylation sites (tertiary alicyclic amines) is 1. The maximum atomic E-state index is 12.6. The van der Waals surface area contributed by atoms with Crippen LogP contribution >= 0.6 is 23.7 Å². The van der Waals surface area contributed by atoms with Gasteiger partial charge in [0.05, 0.1) is 11.2 Å². The quantitative estimate of drug-likeness (QED) is 0.875. The van der Waals surface area contributed by atoms with Gasteiger partial charge in [-0.2, -0.15) is 0 Å². The van der Waals surface area contributed by atoms with Crippen LogP contribution in [0.25, 0.3) is 11.3 Å². The molecular weight excluding hydrogens is 342 g/mol. The van der Waals surface area contributed by atoms with Crippen molar-refractivity contribution >= 4 is 29.7 Å². The standard InChI is InChI=1S/C18H23N3OS.ClH/c1-14(12-21-10-6-3-7-11-21)20-18(22)17-16(19-13-23-17)15-8-4-2-5-9-15;/h2,4-5,8-9,13-14H,3,6-7,10-12H2,1H3,(H,20,22);1H. The number of benzene rings is 1. The summed E-state index contributed by atoms with van der Waals surface area (Å²) in [6.45, 7) is 5.30. The van der Waals surface area contributed by atoms with Gasteiger partial charge >= 0.3 is 0 Å². The van der Waals surface area contributed by atoms with Gasteiger partial charge in [0.1, 0.15) is 4.88 Å². The van der Waals surface area contributed by atoms with Crippen LogP contribution in [0, 0.1) is 0 Å². The molecule has 4 nitrogen and oxygen atoms in total. The predicted molar refractivity (Wildman–Crippen MR) is 102 cm³/mol. The first-order valence-corrected chi connectivity index (χ1v) is 9.14. The minimum absolute atomic E-state index is 0. The van der Waals surface area contributed by atoms with Crippen molar-refractivity contribution in [3.8, 4) is 11.3 Å². The number of aromatic nitrogens is 1. The zero-order valence-corrected chi connectivity index (χ0v) is 15.5. The third kappa shape index (κ3) is 4.79. The molecule has 0 spiro atoms. The molecule has 1 saturated heterocycles. The van der Waals surface area contributed by atoms with Gasteiger partial charge in [0, 0.05) is 18.2 Å². The second-order valence-corrected chi connectivity index (χ2v) is 6.99. The van der Waals surface area contributed by atoms with Crippen molar-refractivity contribution < 1.29 is 4.79 Å². The van der Waals surface area contributed by atoms with E-state index >= 15 is 0 Å². The summed E-state index contributed by atoms with van der Waals surface area (Å²) >= 11 is 1.40. The predicted octanol–water partition coefficient (Wildman–Crippen LogP) is 3.84. The number of nitrogens with zero attached hydrogens (tertiary/aromatic N) is 2. The lowest BCUT2D eigenvalue weighted by atomic mass is 10.1. The second-order valence-electron chi connectivity index (χ2n) is 6.13. The molecule has 0 radical (unpaired) electrons. The highest BCUT2D eigenvalue weighted by Gasteiger charge is 2.19. The summed E-state index contributed by atoms with van der Waals surface area (Å²) in [5, 5.41) is 3.13. The fourth-order valence-corrected chi connectivity index (χ4v) is 3.78. The van der Waals surface area contributed by atoms with Crippen molar-refractivity contribution in [3.63, 3.8) is 0 Å². The van der Waals surface area contributed by atoms with E-state index in [0.717, 1.165) is 30.9 Å². The molecule has 0 bridgehead atoms. The van der Waals surface area contributed by atoms with E-state index in [1.54, 1.807) is 5.51 Å². The maximum Gasteiger partial charge on any atom is 0.263 e. The zero-order valence-electron chi connectivity index (χ0n) is 13.9. The molecule has 0 saturated carbocycles. The third-order valence-electron chi connectivity index (χ3n) is 4.18. The third-order valence-corrected chi connectivity index (χ3v) is 5.00. The summed E-state index contributed by atoms with van der Waals surface area (Å²) in [5.41, 5.74) is 3.51. The van der Waals surface area contributed by atoms with Crippen molar-refractivity contribution in [1.29, 1.82) is 0 Å². The van der Waals surface area contributed by atoms with Crippen LogP contribution in [0.15, 0.2) is 35.8 Å². The van der Waals surface area contributed by atoms with Crippen LogP contribution in [0.5, 0.6) is 0 Å². The minimum Gasteiger partial charge on any atom is -0.348 e. The van der Waals surface area contributed by atoms with Gasteiger partial charge in [-0.15, -0.1) is 23.7 Å². The highest BCUT2D eigenvalue weighted by molar-refractivity contribution is 7.12. The lowest BCUT2D eigenvalue weighted by molar-refractivity contribution is 0.0930. The molecule has 6 heteroatoms. The molecule has 2 heterocycles. The normalized spacial score (nSPS) is 16.2. The Morgan fingerprint density at radius 3 is 2.67 bits per heavy atom. The highest BCUT2D eigenvalue weighted by Crippen LogP contribution is 2.25. The number of carbonyl (C=O) groups is 1. The lowest BCUT2D eigenvalue weighted by Gasteiger charge is -2.29. The van der Waals surface area contributed by atoms with E-state index < -0.39 is 0 Å². The van der Waals surface area contributed by atoms with Crippen LogP contribution < -0.4 is 5.32 Å². The van der Waals surface area contributed by atoms with Gasteiger partial charge in [0.15, 0.2) is 0 Å². The van der Waals surface area contributed by atoms with E-state index in [1.165, 1.54) is 30.6 Å². The molecule has 3 rings (SSSR count). The number of hydrogen-bond donors (Lipinski definition) is 1. The summed E-state index contributed by atoms with van der Waals surface area (Å²) in [7, 11) is 0. The Labute approximate surface area is 153 Å². The smallest absolute Gasteiger partial charge is 0.263 e. The van der Waals surface area contributed by atoms with Crippen LogP contribution in [-0.2, 0) is 0 Å². The number of amides is 1.